The Balaban J connectivity index is 1.94. The van der Waals surface area contributed by atoms with Crippen molar-refractivity contribution in [3.63, 3.8) is 0 Å². The fourth-order valence-corrected chi connectivity index (χ4v) is 4.94. The van der Waals surface area contributed by atoms with Gasteiger partial charge in [-0.2, -0.15) is 5.10 Å². The largest absolute Gasteiger partial charge is 0.298 e. The lowest BCUT2D eigenvalue weighted by Gasteiger charge is -2.37. The second kappa shape index (κ2) is 3.34. The molecule has 4 nitrogen and oxygen atoms in total. The van der Waals surface area contributed by atoms with Crippen molar-refractivity contribution in [3.05, 3.63) is 6.33 Å². The Hall–Kier alpha value is -0.840. The van der Waals surface area contributed by atoms with E-state index in [1.54, 1.807) is 11.8 Å². The maximum absolute atomic E-state index is 12.4. The summed E-state index contributed by atoms with van der Waals surface area (Å²) >= 11 is 1.55. The predicted octanol–water partition coefficient (Wildman–Crippen LogP) is 2.29. The summed E-state index contributed by atoms with van der Waals surface area (Å²) in [6.07, 6.45) is 3.69. The van der Waals surface area contributed by atoms with E-state index in [0.29, 0.717) is 5.78 Å². The quantitative estimate of drug-likeness (QED) is 0.876. The second-order valence-electron chi connectivity index (χ2n) is 5.92. The molecule has 92 valence electrons. The van der Waals surface area contributed by atoms with Crippen molar-refractivity contribution in [1.29, 1.82) is 0 Å². The molecular formula is C12H17N3OS. The standard InChI is InChI=1S/C12H17N3OS/c1-11(2)7-4-5-12(11,3)9(8(7)16)17-10-13-6-14-15-10/h6-7,9H,4-5H2,1-3H3,(H,13,14,15)/t7-,9-,12+/m1/s1. The molecule has 0 amide bonds. The first-order valence-corrected chi connectivity index (χ1v) is 6.90. The fraction of sp³-hybridized carbons (Fsp3) is 0.750. The summed E-state index contributed by atoms with van der Waals surface area (Å²) in [4.78, 5) is 16.6. The van der Waals surface area contributed by atoms with Crippen LogP contribution in [0.3, 0.4) is 0 Å². The third-order valence-corrected chi connectivity index (χ3v) is 6.51. The van der Waals surface area contributed by atoms with Crippen molar-refractivity contribution in [3.8, 4) is 0 Å². The number of Topliss-reactive ketones (excluding diaryl/α,β-unsaturated/α-hetero) is 1. The van der Waals surface area contributed by atoms with Crippen molar-refractivity contribution in [2.45, 2.75) is 44.0 Å². The van der Waals surface area contributed by atoms with Gasteiger partial charge < -0.3 is 0 Å². The molecular weight excluding hydrogens is 234 g/mol. The molecule has 3 rings (SSSR count). The first-order valence-electron chi connectivity index (χ1n) is 6.02. The summed E-state index contributed by atoms with van der Waals surface area (Å²) in [7, 11) is 0. The Morgan fingerprint density at radius 1 is 1.47 bits per heavy atom. The van der Waals surface area contributed by atoms with Crippen molar-refractivity contribution < 1.29 is 4.79 Å². The average molecular weight is 251 g/mol. The zero-order valence-electron chi connectivity index (χ0n) is 10.4. The van der Waals surface area contributed by atoms with Crippen LogP contribution in [0.4, 0.5) is 0 Å². The number of ketones is 1. The number of H-pyrrole nitrogens is 1. The number of carbonyl (C=O) groups is 1. The summed E-state index contributed by atoms with van der Waals surface area (Å²) in [6.45, 7) is 6.74. The van der Waals surface area contributed by atoms with Gasteiger partial charge in [0, 0.05) is 5.92 Å². The van der Waals surface area contributed by atoms with E-state index in [-0.39, 0.29) is 22.0 Å². The van der Waals surface area contributed by atoms with E-state index in [1.165, 1.54) is 6.33 Å². The van der Waals surface area contributed by atoms with Gasteiger partial charge in [-0.05, 0) is 23.7 Å². The molecule has 1 aromatic heterocycles. The molecule has 0 radical (unpaired) electrons. The van der Waals surface area contributed by atoms with Gasteiger partial charge >= 0.3 is 0 Å². The van der Waals surface area contributed by atoms with E-state index >= 15 is 0 Å². The van der Waals surface area contributed by atoms with Gasteiger partial charge in [0.15, 0.2) is 5.16 Å². The third-order valence-electron chi connectivity index (χ3n) is 5.10. The molecule has 2 fully saturated rings. The summed E-state index contributed by atoms with van der Waals surface area (Å²) in [5, 5.41) is 7.47. The zero-order chi connectivity index (χ0) is 12.3. The van der Waals surface area contributed by atoms with E-state index in [2.05, 4.69) is 36.0 Å². The predicted molar refractivity (Wildman–Crippen MR) is 65.6 cm³/mol. The second-order valence-corrected chi connectivity index (χ2v) is 7.02. The maximum atomic E-state index is 12.4. The molecule has 17 heavy (non-hydrogen) atoms. The lowest BCUT2D eigenvalue weighted by molar-refractivity contribution is -0.122. The van der Waals surface area contributed by atoms with Gasteiger partial charge in [-0.25, -0.2) is 4.98 Å². The number of fused-ring (bicyclic) bond motifs is 2. The van der Waals surface area contributed by atoms with Crippen LogP contribution < -0.4 is 0 Å². The molecule has 0 unspecified atom stereocenters. The van der Waals surface area contributed by atoms with Crippen LogP contribution in [0.1, 0.15) is 33.6 Å². The smallest absolute Gasteiger partial charge is 0.184 e. The lowest BCUT2D eigenvalue weighted by atomic mass is 9.71. The molecule has 0 saturated heterocycles. The van der Waals surface area contributed by atoms with Gasteiger partial charge in [-0.3, -0.25) is 9.89 Å². The van der Waals surface area contributed by atoms with Crippen LogP contribution in [0.2, 0.25) is 0 Å². The van der Waals surface area contributed by atoms with Gasteiger partial charge in [0.25, 0.3) is 0 Å². The van der Waals surface area contributed by atoms with Crippen LogP contribution in [0, 0.1) is 16.7 Å². The van der Waals surface area contributed by atoms with Crippen LogP contribution in [-0.2, 0) is 4.79 Å². The topological polar surface area (TPSA) is 58.6 Å². The highest BCUT2D eigenvalue weighted by Crippen LogP contribution is 2.66. The van der Waals surface area contributed by atoms with Crippen LogP contribution in [-0.4, -0.2) is 26.2 Å². The first kappa shape index (κ1) is 11.3. The Morgan fingerprint density at radius 3 is 2.76 bits per heavy atom. The Labute approximate surface area is 105 Å². The molecule has 1 N–H and O–H groups in total. The van der Waals surface area contributed by atoms with Gasteiger partial charge in [0.2, 0.25) is 0 Å². The summed E-state index contributed by atoms with van der Waals surface area (Å²) in [5.74, 6) is 0.637. The van der Waals surface area contributed by atoms with E-state index in [9.17, 15) is 4.79 Å². The number of hydrogen-bond acceptors (Lipinski definition) is 4. The molecule has 2 saturated carbocycles. The third kappa shape index (κ3) is 1.29. The van der Waals surface area contributed by atoms with Gasteiger partial charge in [0.1, 0.15) is 12.1 Å². The number of nitrogens with one attached hydrogen (secondary N) is 1. The summed E-state index contributed by atoms with van der Waals surface area (Å²) in [5.41, 5.74) is 0.202. The normalized spacial score (nSPS) is 38.9. The molecule has 1 aromatic rings. The highest BCUT2D eigenvalue weighted by Gasteiger charge is 2.66. The van der Waals surface area contributed by atoms with Crippen LogP contribution >= 0.6 is 11.8 Å². The average Bonchev–Trinajstić information content (AvgIpc) is 2.86. The lowest BCUT2D eigenvalue weighted by Crippen LogP contribution is -2.35. The minimum atomic E-state index is 0.0317. The number of aromatic amines is 1. The van der Waals surface area contributed by atoms with E-state index in [1.807, 2.05) is 0 Å². The summed E-state index contributed by atoms with van der Waals surface area (Å²) in [6, 6.07) is 0. The number of thioether (sulfide) groups is 1. The zero-order valence-corrected chi connectivity index (χ0v) is 11.2. The molecule has 2 aliphatic rings. The molecule has 1 heterocycles. The molecule has 2 bridgehead atoms. The van der Waals surface area contributed by atoms with Crippen molar-refractivity contribution in [2.75, 3.05) is 0 Å². The number of hydrogen-bond donors (Lipinski definition) is 1. The van der Waals surface area contributed by atoms with Crippen molar-refractivity contribution in [2.24, 2.45) is 16.7 Å². The summed E-state index contributed by atoms with van der Waals surface area (Å²) < 4.78 is 0. The monoisotopic (exact) mass is 251 g/mol. The molecule has 2 aliphatic carbocycles. The van der Waals surface area contributed by atoms with E-state index in [0.717, 1.165) is 18.0 Å². The van der Waals surface area contributed by atoms with Gasteiger partial charge in [0.05, 0.1) is 5.25 Å². The van der Waals surface area contributed by atoms with E-state index in [4.69, 9.17) is 0 Å². The van der Waals surface area contributed by atoms with E-state index < -0.39 is 0 Å². The Kier molecular flexibility index (Phi) is 2.21. The number of rotatable bonds is 2. The molecule has 0 aromatic carbocycles. The first-order chi connectivity index (χ1) is 7.97. The fourth-order valence-electron chi connectivity index (χ4n) is 3.54. The number of aromatic nitrogens is 3. The van der Waals surface area contributed by atoms with Crippen LogP contribution in [0.5, 0.6) is 0 Å². The molecule has 0 aliphatic heterocycles. The highest BCUT2D eigenvalue weighted by atomic mass is 32.2. The minimum absolute atomic E-state index is 0.0317. The van der Waals surface area contributed by atoms with Crippen molar-refractivity contribution in [1.82, 2.24) is 15.2 Å². The SMILES string of the molecule is CC1(C)[C@@H]2CC[C@@]1(C)[C@H](Sc1ncn[nH]1)C2=O. The Morgan fingerprint density at radius 2 is 2.24 bits per heavy atom. The molecule has 5 heteroatoms. The van der Waals surface area contributed by atoms with Gasteiger partial charge in [-0.15, -0.1) is 0 Å². The van der Waals surface area contributed by atoms with Crippen LogP contribution in [0.15, 0.2) is 11.5 Å². The minimum Gasteiger partial charge on any atom is -0.298 e. The molecule has 0 spiro atoms. The Bertz CT molecular complexity index is 456. The van der Waals surface area contributed by atoms with Crippen LogP contribution in [0.25, 0.3) is 0 Å². The molecule has 3 atom stereocenters. The van der Waals surface area contributed by atoms with Gasteiger partial charge in [-0.1, -0.05) is 32.5 Å². The number of carbonyl (C=O) groups excluding carboxylic acids is 1. The highest BCUT2D eigenvalue weighted by molar-refractivity contribution is 8.00. The van der Waals surface area contributed by atoms with Crippen molar-refractivity contribution >= 4 is 17.5 Å². The maximum Gasteiger partial charge on any atom is 0.184 e. The number of nitrogens with zero attached hydrogens (tertiary/aromatic N) is 2.